The zero-order valence-corrected chi connectivity index (χ0v) is 13.4. The molecule has 1 unspecified atom stereocenters. The van der Waals surface area contributed by atoms with E-state index in [0.717, 1.165) is 24.3 Å². The first-order valence-corrected chi connectivity index (χ1v) is 7.74. The molecule has 3 rings (SSSR count). The highest BCUT2D eigenvalue weighted by atomic mass is 127. The zero-order valence-electron chi connectivity index (χ0n) is 11.2. The van der Waals surface area contributed by atoms with Gasteiger partial charge >= 0.3 is 0 Å². The third kappa shape index (κ3) is 2.37. The average molecular weight is 382 g/mol. The maximum atomic E-state index is 13.9. The fraction of sp³-hybridized carbons (Fsp3) is 0.250. The molecule has 0 fully saturated rings. The summed E-state index contributed by atoms with van der Waals surface area (Å²) in [6, 6.07) is 11.5. The van der Waals surface area contributed by atoms with Crippen LogP contribution in [-0.2, 0) is 6.42 Å². The molecule has 104 valence electrons. The smallest absolute Gasteiger partial charge is 0.138 e. The maximum absolute atomic E-state index is 13.9. The number of hydrogen-bond acceptors (Lipinski definition) is 2. The van der Waals surface area contributed by atoms with Crippen LogP contribution in [-0.4, -0.2) is 6.54 Å². The van der Waals surface area contributed by atoms with Gasteiger partial charge in [0.2, 0.25) is 0 Å². The van der Waals surface area contributed by atoms with E-state index in [-0.39, 0.29) is 5.82 Å². The highest BCUT2D eigenvalue weighted by molar-refractivity contribution is 14.1. The van der Waals surface area contributed by atoms with Crippen molar-refractivity contribution in [2.45, 2.75) is 13.3 Å². The molecule has 20 heavy (non-hydrogen) atoms. The standard InChI is InChI=1S/C16H16FIN2/c1-10-6-11-4-2-3-5-15(11)20(9-10)16-7-12(17)13(18)8-14(16)19/h2-5,7-8,10H,6,9,19H2,1H3. The second-order valence-corrected chi connectivity index (χ2v) is 6.54. The van der Waals surface area contributed by atoms with Gasteiger partial charge in [0.1, 0.15) is 5.82 Å². The van der Waals surface area contributed by atoms with Gasteiger partial charge in [-0.15, -0.1) is 0 Å². The number of nitrogens with zero attached hydrogens (tertiary/aromatic N) is 1. The van der Waals surface area contributed by atoms with Crippen molar-refractivity contribution >= 4 is 39.7 Å². The van der Waals surface area contributed by atoms with Crippen LogP contribution in [0.3, 0.4) is 0 Å². The second kappa shape index (κ2) is 5.24. The molecule has 1 atom stereocenters. The van der Waals surface area contributed by atoms with Crippen LogP contribution in [0.15, 0.2) is 36.4 Å². The lowest BCUT2D eigenvalue weighted by molar-refractivity contribution is 0.561. The Balaban J connectivity index is 2.13. The summed E-state index contributed by atoms with van der Waals surface area (Å²) in [4.78, 5) is 2.14. The Bertz CT molecular complexity index is 657. The lowest BCUT2D eigenvalue weighted by Crippen LogP contribution is -2.31. The van der Waals surface area contributed by atoms with E-state index in [1.54, 1.807) is 12.1 Å². The summed E-state index contributed by atoms with van der Waals surface area (Å²) in [6.45, 7) is 3.07. The molecule has 4 heteroatoms. The summed E-state index contributed by atoms with van der Waals surface area (Å²) in [5.74, 6) is 0.303. The molecule has 2 aromatic rings. The van der Waals surface area contributed by atoms with E-state index in [1.807, 2.05) is 34.7 Å². The molecule has 0 spiro atoms. The van der Waals surface area contributed by atoms with Gasteiger partial charge in [0.25, 0.3) is 0 Å². The van der Waals surface area contributed by atoms with Crippen molar-refractivity contribution in [3.05, 3.63) is 51.3 Å². The summed E-state index contributed by atoms with van der Waals surface area (Å²) in [5.41, 5.74) is 9.93. The quantitative estimate of drug-likeness (QED) is 0.587. The molecular weight excluding hydrogens is 366 g/mol. The normalized spacial score (nSPS) is 17.9. The van der Waals surface area contributed by atoms with Crippen molar-refractivity contribution in [1.29, 1.82) is 0 Å². The number of anilines is 3. The Labute approximate surface area is 131 Å². The Morgan fingerprint density at radius 1 is 1.25 bits per heavy atom. The van der Waals surface area contributed by atoms with Gasteiger partial charge in [0, 0.05) is 18.3 Å². The predicted octanol–water partition coefficient (Wildman–Crippen LogP) is 4.34. The molecule has 0 aliphatic carbocycles. The van der Waals surface area contributed by atoms with Crippen LogP contribution in [0.4, 0.5) is 21.5 Å². The van der Waals surface area contributed by atoms with Gasteiger partial charge in [0.15, 0.2) is 0 Å². The molecule has 0 bridgehead atoms. The number of benzene rings is 2. The Morgan fingerprint density at radius 2 is 2.00 bits per heavy atom. The molecule has 1 heterocycles. The van der Waals surface area contributed by atoms with Gasteiger partial charge in [-0.2, -0.15) is 0 Å². The number of hydrogen-bond donors (Lipinski definition) is 1. The summed E-state index contributed by atoms with van der Waals surface area (Å²) >= 11 is 1.97. The van der Waals surface area contributed by atoms with Crippen molar-refractivity contribution in [2.24, 2.45) is 5.92 Å². The molecule has 1 aliphatic heterocycles. The van der Waals surface area contributed by atoms with Crippen LogP contribution < -0.4 is 10.6 Å². The fourth-order valence-electron chi connectivity index (χ4n) is 2.81. The number of halogens is 2. The summed E-state index contributed by atoms with van der Waals surface area (Å²) in [6.07, 6.45) is 1.05. The molecule has 2 nitrogen and oxygen atoms in total. The van der Waals surface area contributed by atoms with Crippen LogP contribution in [0.5, 0.6) is 0 Å². The number of nitrogen functional groups attached to an aromatic ring is 1. The van der Waals surface area contributed by atoms with E-state index >= 15 is 0 Å². The van der Waals surface area contributed by atoms with E-state index in [1.165, 1.54) is 5.56 Å². The first-order chi connectivity index (χ1) is 9.56. The van der Waals surface area contributed by atoms with Gasteiger partial charge in [-0.05, 0) is 52.6 Å². The fourth-order valence-corrected chi connectivity index (χ4v) is 3.30. The van der Waals surface area contributed by atoms with Crippen LogP contribution in [0.25, 0.3) is 0 Å². The van der Waals surface area contributed by atoms with E-state index in [0.29, 0.717) is 15.2 Å². The zero-order chi connectivity index (χ0) is 14.3. The number of para-hydroxylation sites is 1. The summed E-state index contributed by atoms with van der Waals surface area (Å²) in [7, 11) is 0. The molecule has 0 radical (unpaired) electrons. The number of rotatable bonds is 1. The van der Waals surface area contributed by atoms with Crippen LogP contribution >= 0.6 is 22.6 Å². The molecular formula is C16H16FIN2. The summed E-state index contributed by atoms with van der Waals surface area (Å²) in [5, 5.41) is 0. The highest BCUT2D eigenvalue weighted by Crippen LogP contribution is 2.38. The van der Waals surface area contributed by atoms with Gasteiger partial charge < -0.3 is 10.6 Å². The highest BCUT2D eigenvalue weighted by Gasteiger charge is 2.24. The van der Waals surface area contributed by atoms with Gasteiger partial charge in [-0.25, -0.2) is 4.39 Å². The van der Waals surface area contributed by atoms with Gasteiger partial charge in [-0.3, -0.25) is 0 Å². The van der Waals surface area contributed by atoms with Crippen molar-refractivity contribution in [2.75, 3.05) is 17.2 Å². The largest absolute Gasteiger partial charge is 0.397 e. The number of nitrogens with two attached hydrogens (primary N) is 1. The SMILES string of the molecule is CC1Cc2ccccc2N(c2cc(F)c(I)cc2N)C1. The van der Waals surface area contributed by atoms with Gasteiger partial charge in [0.05, 0.1) is 14.9 Å². The van der Waals surface area contributed by atoms with E-state index in [9.17, 15) is 4.39 Å². The molecule has 2 N–H and O–H groups in total. The third-order valence-electron chi connectivity index (χ3n) is 3.71. The topological polar surface area (TPSA) is 29.3 Å². The van der Waals surface area contributed by atoms with E-state index < -0.39 is 0 Å². The summed E-state index contributed by atoms with van der Waals surface area (Å²) < 4.78 is 14.5. The maximum Gasteiger partial charge on any atom is 0.138 e. The predicted molar refractivity (Wildman–Crippen MR) is 89.8 cm³/mol. The number of fused-ring (bicyclic) bond motifs is 1. The Hall–Kier alpha value is -1.30. The minimum Gasteiger partial charge on any atom is -0.397 e. The van der Waals surface area contributed by atoms with Crippen LogP contribution in [0, 0.1) is 15.3 Å². The van der Waals surface area contributed by atoms with Crippen LogP contribution in [0.2, 0.25) is 0 Å². The molecule has 0 saturated carbocycles. The Morgan fingerprint density at radius 3 is 2.80 bits per heavy atom. The van der Waals surface area contributed by atoms with Crippen molar-refractivity contribution in [3.8, 4) is 0 Å². The Kier molecular flexibility index (Phi) is 3.58. The molecule has 1 aliphatic rings. The molecule has 2 aromatic carbocycles. The minimum absolute atomic E-state index is 0.217. The lowest BCUT2D eigenvalue weighted by atomic mass is 9.93. The first kappa shape index (κ1) is 13.7. The van der Waals surface area contributed by atoms with E-state index in [2.05, 4.69) is 24.0 Å². The monoisotopic (exact) mass is 382 g/mol. The van der Waals surface area contributed by atoms with Crippen molar-refractivity contribution in [1.82, 2.24) is 0 Å². The molecule has 0 aromatic heterocycles. The van der Waals surface area contributed by atoms with Gasteiger partial charge in [-0.1, -0.05) is 25.1 Å². The molecule has 0 saturated heterocycles. The molecule has 0 amide bonds. The third-order valence-corrected chi connectivity index (χ3v) is 4.53. The first-order valence-electron chi connectivity index (χ1n) is 6.66. The average Bonchev–Trinajstić information content (AvgIpc) is 2.42. The lowest BCUT2D eigenvalue weighted by Gasteiger charge is -2.35. The van der Waals surface area contributed by atoms with Crippen molar-refractivity contribution < 1.29 is 4.39 Å². The van der Waals surface area contributed by atoms with Crippen LogP contribution in [0.1, 0.15) is 12.5 Å². The minimum atomic E-state index is -0.217. The second-order valence-electron chi connectivity index (χ2n) is 5.37. The van der Waals surface area contributed by atoms with Crippen molar-refractivity contribution in [3.63, 3.8) is 0 Å². The van der Waals surface area contributed by atoms with E-state index in [4.69, 9.17) is 5.73 Å².